The molecular weight excluding hydrogens is 248 g/mol. The Bertz CT molecular complexity index is 706. The SMILES string of the molecule is Oc1ccc2nc(Cc3ccccc3Cl)[nH]c2c1. The van der Waals surface area contributed by atoms with E-state index in [1.807, 2.05) is 24.3 Å². The van der Waals surface area contributed by atoms with E-state index in [1.54, 1.807) is 18.2 Å². The lowest BCUT2D eigenvalue weighted by Gasteiger charge is -2.00. The average Bonchev–Trinajstić information content (AvgIpc) is 2.73. The normalized spacial score (nSPS) is 10.9. The van der Waals surface area contributed by atoms with Gasteiger partial charge in [0.15, 0.2) is 0 Å². The lowest BCUT2D eigenvalue weighted by atomic mass is 10.1. The molecule has 1 heterocycles. The number of fused-ring (bicyclic) bond motifs is 1. The molecule has 0 aliphatic rings. The van der Waals surface area contributed by atoms with Crippen LogP contribution in [0, 0.1) is 0 Å². The van der Waals surface area contributed by atoms with E-state index in [1.165, 1.54) is 0 Å². The number of aromatic nitrogens is 2. The summed E-state index contributed by atoms with van der Waals surface area (Å²) in [6.07, 6.45) is 0.648. The van der Waals surface area contributed by atoms with Crippen molar-refractivity contribution in [3.05, 3.63) is 58.9 Å². The summed E-state index contributed by atoms with van der Waals surface area (Å²) in [7, 11) is 0. The lowest BCUT2D eigenvalue weighted by molar-refractivity contribution is 0.476. The molecule has 0 radical (unpaired) electrons. The Kier molecular flexibility index (Phi) is 2.68. The van der Waals surface area contributed by atoms with Crippen molar-refractivity contribution in [2.45, 2.75) is 6.42 Å². The van der Waals surface area contributed by atoms with Gasteiger partial charge in [0.05, 0.1) is 11.0 Å². The number of nitrogens with one attached hydrogen (secondary N) is 1. The number of aromatic amines is 1. The molecule has 0 amide bonds. The molecule has 4 heteroatoms. The lowest BCUT2D eigenvalue weighted by Crippen LogP contribution is -1.91. The number of nitrogens with zero attached hydrogens (tertiary/aromatic N) is 1. The fourth-order valence-corrected chi connectivity index (χ4v) is 2.16. The molecule has 0 spiro atoms. The number of phenolic OH excluding ortho intramolecular Hbond substituents is 1. The van der Waals surface area contributed by atoms with Gasteiger partial charge in [-0.2, -0.15) is 0 Å². The molecule has 0 unspecified atom stereocenters. The summed E-state index contributed by atoms with van der Waals surface area (Å²) in [6, 6.07) is 12.8. The van der Waals surface area contributed by atoms with Crippen LogP contribution in [0.4, 0.5) is 0 Å². The van der Waals surface area contributed by atoms with Crippen molar-refractivity contribution in [3.63, 3.8) is 0 Å². The summed E-state index contributed by atoms with van der Waals surface area (Å²) in [4.78, 5) is 7.65. The zero-order valence-electron chi connectivity index (χ0n) is 9.52. The minimum absolute atomic E-state index is 0.232. The zero-order chi connectivity index (χ0) is 12.5. The van der Waals surface area contributed by atoms with Crippen LogP contribution in [0.2, 0.25) is 5.02 Å². The number of phenols is 1. The van der Waals surface area contributed by atoms with Gasteiger partial charge in [0, 0.05) is 17.5 Å². The minimum Gasteiger partial charge on any atom is -0.508 e. The maximum absolute atomic E-state index is 9.40. The maximum Gasteiger partial charge on any atom is 0.117 e. The molecular formula is C14H11ClN2O. The largest absolute Gasteiger partial charge is 0.508 e. The Labute approximate surface area is 109 Å². The Morgan fingerprint density at radius 3 is 2.83 bits per heavy atom. The summed E-state index contributed by atoms with van der Waals surface area (Å²) in [6.45, 7) is 0. The van der Waals surface area contributed by atoms with Gasteiger partial charge in [0.25, 0.3) is 0 Å². The highest BCUT2D eigenvalue weighted by atomic mass is 35.5. The highest BCUT2D eigenvalue weighted by molar-refractivity contribution is 6.31. The molecule has 0 fully saturated rings. The van der Waals surface area contributed by atoms with Crippen LogP contribution in [0.1, 0.15) is 11.4 Å². The van der Waals surface area contributed by atoms with Gasteiger partial charge in [-0.1, -0.05) is 29.8 Å². The molecule has 0 aliphatic heterocycles. The van der Waals surface area contributed by atoms with E-state index in [2.05, 4.69) is 9.97 Å². The number of rotatable bonds is 2. The highest BCUT2D eigenvalue weighted by Crippen LogP contribution is 2.21. The molecule has 0 bridgehead atoms. The summed E-state index contributed by atoms with van der Waals surface area (Å²) in [5.74, 6) is 1.07. The third-order valence-corrected chi connectivity index (χ3v) is 3.20. The first-order valence-corrected chi connectivity index (χ1v) is 6.01. The van der Waals surface area contributed by atoms with Gasteiger partial charge in [-0.15, -0.1) is 0 Å². The molecule has 0 saturated carbocycles. The average molecular weight is 259 g/mol. The van der Waals surface area contributed by atoms with Crippen molar-refractivity contribution < 1.29 is 5.11 Å². The molecule has 0 atom stereocenters. The monoisotopic (exact) mass is 258 g/mol. The first-order valence-electron chi connectivity index (χ1n) is 5.63. The molecule has 90 valence electrons. The van der Waals surface area contributed by atoms with Crippen molar-refractivity contribution >= 4 is 22.6 Å². The Morgan fingerprint density at radius 1 is 1.17 bits per heavy atom. The van der Waals surface area contributed by atoms with Crippen LogP contribution in [-0.4, -0.2) is 15.1 Å². The Hall–Kier alpha value is -2.00. The van der Waals surface area contributed by atoms with E-state index in [0.717, 1.165) is 27.4 Å². The minimum atomic E-state index is 0.232. The summed E-state index contributed by atoms with van der Waals surface area (Å²) in [5, 5.41) is 10.1. The van der Waals surface area contributed by atoms with Crippen LogP contribution in [-0.2, 0) is 6.42 Å². The third-order valence-electron chi connectivity index (χ3n) is 2.83. The quantitative estimate of drug-likeness (QED) is 0.739. The first kappa shape index (κ1) is 11.1. The summed E-state index contributed by atoms with van der Waals surface area (Å²) in [5.41, 5.74) is 2.70. The van der Waals surface area contributed by atoms with Gasteiger partial charge < -0.3 is 10.1 Å². The molecule has 18 heavy (non-hydrogen) atoms. The van der Waals surface area contributed by atoms with E-state index in [-0.39, 0.29) is 5.75 Å². The van der Waals surface area contributed by atoms with Crippen LogP contribution in [0.5, 0.6) is 5.75 Å². The van der Waals surface area contributed by atoms with Crippen molar-refractivity contribution in [2.75, 3.05) is 0 Å². The smallest absolute Gasteiger partial charge is 0.117 e. The van der Waals surface area contributed by atoms with Crippen LogP contribution in [0.25, 0.3) is 11.0 Å². The predicted molar refractivity (Wildman–Crippen MR) is 72.0 cm³/mol. The van der Waals surface area contributed by atoms with E-state index < -0.39 is 0 Å². The third kappa shape index (κ3) is 2.05. The van der Waals surface area contributed by atoms with Gasteiger partial charge >= 0.3 is 0 Å². The molecule has 2 N–H and O–H groups in total. The molecule has 3 rings (SSSR count). The van der Waals surface area contributed by atoms with Crippen LogP contribution in [0.15, 0.2) is 42.5 Å². The Balaban J connectivity index is 1.98. The van der Waals surface area contributed by atoms with E-state index in [9.17, 15) is 5.11 Å². The van der Waals surface area contributed by atoms with E-state index in [4.69, 9.17) is 11.6 Å². The van der Waals surface area contributed by atoms with Gasteiger partial charge in [-0.3, -0.25) is 0 Å². The fraction of sp³-hybridized carbons (Fsp3) is 0.0714. The number of halogens is 1. The standard InChI is InChI=1S/C14H11ClN2O/c15-11-4-2-1-3-9(11)7-14-16-12-6-5-10(18)8-13(12)17-14/h1-6,8,18H,7H2,(H,16,17). The number of aromatic hydroxyl groups is 1. The van der Waals surface area contributed by atoms with Crippen molar-refractivity contribution in [1.82, 2.24) is 9.97 Å². The molecule has 3 nitrogen and oxygen atoms in total. The number of imidazole rings is 1. The Morgan fingerprint density at radius 2 is 2.00 bits per heavy atom. The number of hydrogen-bond acceptors (Lipinski definition) is 2. The van der Waals surface area contributed by atoms with Crippen molar-refractivity contribution in [3.8, 4) is 5.75 Å². The van der Waals surface area contributed by atoms with Crippen LogP contribution in [0.3, 0.4) is 0 Å². The molecule has 0 saturated heterocycles. The van der Waals surface area contributed by atoms with Crippen molar-refractivity contribution in [2.24, 2.45) is 0 Å². The van der Waals surface area contributed by atoms with Gasteiger partial charge in [0.1, 0.15) is 11.6 Å². The number of benzene rings is 2. The number of hydrogen-bond donors (Lipinski definition) is 2. The first-order chi connectivity index (χ1) is 8.72. The fourth-order valence-electron chi connectivity index (χ4n) is 1.96. The second kappa shape index (κ2) is 4.35. The molecule has 0 aliphatic carbocycles. The second-order valence-corrected chi connectivity index (χ2v) is 4.56. The zero-order valence-corrected chi connectivity index (χ0v) is 10.3. The second-order valence-electron chi connectivity index (χ2n) is 4.15. The van der Waals surface area contributed by atoms with Crippen molar-refractivity contribution in [1.29, 1.82) is 0 Å². The topological polar surface area (TPSA) is 48.9 Å². The maximum atomic E-state index is 9.40. The molecule has 3 aromatic rings. The van der Waals surface area contributed by atoms with Crippen LogP contribution >= 0.6 is 11.6 Å². The molecule has 2 aromatic carbocycles. The van der Waals surface area contributed by atoms with Gasteiger partial charge in [0.2, 0.25) is 0 Å². The number of H-pyrrole nitrogens is 1. The predicted octanol–water partition coefficient (Wildman–Crippen LogP) is 3.51. The van der Waals surface area contributed by atoms with Crippen LogP contribution < -0.4 is 0 Å². The summed E-state index contributed by atoms with van der Waals surface area (Å²) < 4.78 is 0. The highest BCUT2D eigenvalue weighted by Gasteiger charge is 2.06. The van der Waals surface area contributed by atoms with E-state index >= 15 is 0 Å². The summed E-state index contributed by atoms with van der Waals surface area (Å²) >= 11 is 6.12. The van der Waals surface area contributed by atoms with E-state index in [0.29, 0.717) is 6.42 Å². The van der Waals surface area contributed by atoms with Gasteiger partial charge in [-0.25, -0.2) is 4.98 Å². The van der Waals surface area contributed by atoms with Gasteiger partial charge in [-0.05, 0) is 23.8 Å². The molecule has 1 aromatic heterocycles.